The average molecular weight is 793 g/mol. The Morgan fingerprint density at radius 3 is 1.69 bits per heavy atom. The fourth-order valence-corrected chi connectivity index (χ4v) is 10.3. The molecular formula is C58H36N2S. The quantitative estimate of drug-likeness (QED) is 0.124. The molecule has 0 atom stereocenters. The summed E-state index contributed by atoms with van der Waals surface area (Å²) in [6.07, 6.45) is 0. The maximum absolute atomic E-state index is 5.17. The molecule has 0 amide bonds. The van der Waals surface area contributed by atoms with Crippen LogP contribution in [0.3, 0.4) is 0 Å². The lowest BCUT2D eigenvalue weighted by molar-refractivity contribution is 1.18. The van der Waals surface area contributed by atoms with Gasteiger partial charge in [0.1, 0.15) is 0 Å². The van der Waals surface area contributed by atoms with Gasteiger partial charge in [0.15, 0.2) is 5.82 Å². The lowest BCUT2D eigenvalue weighted by atomic mass is 9.89. The van der Waals surface area contributed by atoms with Crippen LogP contribution in [0.15, 0.2) is 218 Å². The van der Waals surface area contributed by atoms with Crippen molar-refractivity contribution in [1.29, 1.82) is 0 Å². The molecule has 0 aliphatic carbocycles. The fraction of sp³-hybridized carbons (Fsp3) is 0. The molecule has 2 nitrogen and oxygen atoms in total. The van der Waals surface area contributed by atoms with Gasteiger partial charge in [-0.3, -0.25) is 0 Å². The first-order chi connectivity index (χ1) is 30.2. The molecule has 12 aromatic rings. The summed E-state index contributed by atoms with van der Waals surface area (Å²) in [5.41, 5.74) is 12.1. The highest BCUT2D eigenvalue weighted by molar-refractivity contribution is 7.26. The van der Waals surface area contributed by atoms with Crippen molar-refractivity contribution in [2.75, 3.05) is 0 Å². The molecule has 2 aromatic heterocycles. The maximum atomic E-state index is 5.17. The summed E-state index contributed by atoms with van der Waals surface area (Å²) in [6, 6.07) is 78.7. The zero-order valence-electron chi connectivity index (χ0n) is 33.1. The molecule has 0 bridgehead atoms. The van der Waals surface area contributed by atoms with Gasteiger partial charge >= 0.3 is 0 Å². The minimum Gasteiger partial charge on any atom is -0.228 e. The van der Waals surface area contributed by atoms with Crippen LogP contribution in [0.5, 0.6) is 0 Å². The number of fused-ring (bicyclic) bond motifs is 7. The predicted octanol–water partition coefficient (Wildman–Crippen LogP) is 16.3. The van der Waals surface area contributed by atoms with Crippen molar-refractivity contribution in [2.24, 2.45) is 0 Å². The first kappa shape index (κ1) is 35.2. The molecule has 0 radical (unpaired) electrons. The minimum absolute atomic E-state index is 0.707. The van der Waals surface area contributed by atoms with Crippen molar-refractivity contribution < 1.29 is 0 Å². The molecule has 61 heavy (non-hydrogen) atoms. The molecule has 0 saturated carbocycles. The number of nitrogens with zero attached hydrogens (tertiary/aromatic N) is 2. The Hall–Kier alpha value is -7.72. The molecule has 284 valence electrons. The monoisotopic (exact) mass is 792 g/mol. The molecule has 0 spiro atoms. The number of rotatable bonds is 6. The maximum Gasteiger partial charge on any atom is 0.160 e. The Bertz CT molecular complexity index is 3620. The molecule has 0 fully saturated rings. The molecule has 3 heteroatoms. The Labute approximate surface area is 357 Å². The summed E-state index contributed by atoms with van der Waals surface area (Å²) < 4.78 is 2.61. The molecule has 0 N–H and O–H groups in total. The van der Waals surface area contributed by atoms with Crippen LogP contribution in [0.1, 0.15) is 0 Å². The highest BCUT2D eigenvalue weighted by Crippen LogP contribution is 2.42. The standard InChI is InChI=1S/C58H36N2S/c1-2-13-42(14-3-1)58-59-53(36-54(60-58)45-17-10-16-43(34-45)48-21-11-22-51-49-20-8-9-23-55(49)61-57(48)51)40-28-24-37(25-29-40)38-26-30-41(31-27-38)56-47-19-7-5-15-44(47)35-52-46-18-6-4-12-39(46)32-33-50(52)56/h1-36H. The normalized spacial score (nSPS) is 11.6. The van der Waals surface area contributed by atoms with Crippen molar-refractivity contribution in [1.82, 2.24) is 9.97 Å². The number of thiophene rings is 1. The number of hydrogen-bond acceptors (Lipinski definition) is 3. The van der Waals surface area contributed by atoms with E-state index in [1.165, 1.54) is 80.3 Å². The van der Waals surface area contributed by atoms with Crippen LogP contribution in [-0.2, 0) is 0 Å². The second kappa shape index (κ2) is 14.5. The number of benzene rings is 10. The first-order valence-electron chi connectivity index (χ1n) is 20.7. The van der Waals surface area contributed by atoms with E-state index in [9.17, 15) is 0 Å². The van der Waals surface area contributed by atoms with Gasteiger partial charge in [-0.2, -0.15) is 0 Å². The topological polar surface area (TPSA) is 25.8 Å². The van der Waals surface area contributed by atoms with Gasteiger partial charge < -0.3 is 0 Å². The minimum atomic E-state index is 0.707. The largest absolute Gasteiger partial charge is 0.228 e. The van der Waals surface area contributed by atoms with Crippen molar-refractivity contribution in [3.63, 3.8) is 0 Å². The first-order valence-corrected chi connectivity index (χ1v) is 21.5. The highest BCUT2D eigenvalue weighted by Gasteiger charge is 2.16. The van der Waals surface area contributed by atoms with Gasteiger partial charge in [0.25, 0.3) is 0 Å². The van der Waals surface area contributed by atoms with Crippen LogP contribution in [0.2, 0.25) is 0 Å². The van der Waals surface area contributed by atoms with E-state index in [-0.39, 0.29) is 0 Å². The highest BCUT2D eigenvalue weighted by atomic mass is 32.1. The predicted molar refractivity (Wildman–Crippen MR) is 260 cm³/mol. The smallest absolute Gasteiger partial charge is 0.160 e. The average Bonchev–Trinajstić information content (AvgIpc) is 3.73. The Morgan fingerprint density at radius 1 is 0.295 bits per heavy atom. The zero-order chi connectivity index (χ0) is 40.3. The van der Waals surface area contributed by atoms with E-state index in [1.54, 1.807) is 0 Å². The van der Waals surface area contributed by atoms with Gasteiger partial charge in [-0.1, -0.05) is 194 Å². The van der Waals surface area contributed by atoms with Crippen molar-refractivity contribution >= 4 is 63.8 Å². The third kappa shape index (κ3) is 6.18. The zero-order valence-corrected chi connectivity index (χ0v) is 33.9. The summed E-state index contributed by atoms with van der Waals surface area (Å²) in [7, 11) is 0. The van der Waals surface area contributed by atoms with Crippen molar-refractivity contribution in [3.8, 4) is 67.3 Å². The van der Waals surface area contributed by atoms with E-state index in [0.717, 1.165) is 33.6 Å². The Kier molecular flexibility index (Phi) is 8.39. The van der Waals surface area contributed by atoms with E-state index >= 15 is 0 Å². The summed E-state index contributed by atoms with van der Waals surface area (Å²) in [4.78, 5) is 10.3. The van der Waals surface area contributed by atoms with Gasteiger partial charge in [-0.05, 0) is 90.0 Å². The SMILES string of the molecule is c1ccc(-c2nc(-c3ccc(-c4ccc(-c5c6ccccc6cc6c5ccc5ccccc56)cc4)cc3)cc(-c3cccc(-c4cccc5c4sc4ccccc45)c3)n2)cc1. The van der Waals surface area contributed by atoms with Crippen LogP contribution in [0.4, 0.5) is 0 Å². The van der Waals surface area contributed by atoms with Crippen molar-refractivity contribution in [2.45, 2.75) is 0 Å². The van der Waals surface area contributed by atoms with Crippen LogP contribution >= 0.6 is 11.3 Å². The number of aromatic nitrogens is 2. The van der Waals surface area contributed by atoms with E-state index in [2.05, 4.69) is 200 Å². The Balaban J connectivity index is 0.908. The summed E-state index contributed by atoms with van der Waals surface area (Å²) in [5, 5.41) is 10.2. The summed E-state index contributed by atoms with van der Waals surface area (Å²) in [6.45, 7) is 0. The van der Waals surface area contributed by atoms with Gasteiger partial charge in [0, 0.05) is 36.9 Å². The third-order valence-electron chi connectivity index (χ3n) is 12.1. The lowest BCUT2D eigenvalue weighted by Gasteiger charge is -2.14. The molecule has 0 aliphatic heterocycles. The van der Waals surface area contributed by atoms with Gasteiger partial charge in [0.2, 0.25) is 0 Å². The van der Waals surface area contributed by atoms with E-state index in [4.69, 9.17) is 9.97 Å². The van der Waals surface area contributed by atoms with E-state index in [0.29, 0.717) is 5.82 Å². The van der Waals surface area contributed by atoms with Crippen molar-refractivity contribution in [3.05, 3.63) is 218 Å². The van der Waals surface area contributed by atoms with Gasteiger partial charge in [-0.25, -0.2) is 9.97 Å². The molecular weight excluding hydrogens is 757 g/mol. The van der Waals surface area contributed by atoms with Crippen LogP contribution in [0.25, 0.3) is 120 Å². The van der Waals surface area contributed by atoms with E-state index < -0.39 is 0 Å². The summed E-state index contributed by atoms with van der Waals surface area (Å²) in [5.74, 6) is 0.707. The molecule has 12 rings (SSSR count). The second-order valence-corrected chi connectivity index (χ2v) is 16.8. The number of hydrogen-bond donors (Lipinski definition) is 0. The van der Waals surface area contributed by atoms with Crippen LogP contribution in [-0.4, -0.2) is 9.97 Å². The Morgan fingerprint density at radius 2 is 0.885 bits per heavy atom. The second-order valence-electron chi connectivity index (χ2n) is 15.7. The van der Waals surface area contributed by atoms with Crippen LogP contribution < -0.4 is 0 Å². The lowest BCUT2D eigenvalue weighted by Crippen LogP contribution is -1.96. The van der Waals surface area contributed by atoms with Gasteiger partial charge in [-0.15, -0.1) is 11.3 Å². The molecule has 2 heterocycles. The van der Waals surface area contributed by atoms with Crippen LogP contribution in [0, 0.1) is 0 Å². The molecule has 10 aromatic carbocycles. The fourth-order valence-electron chi connectivity index (χ4n) is 9.07. The van der Waals surface area contributed by atoms with E-state index in [1.807, 2.05) is 29.5 Å². The van der Waals surface area contributed by atoms with Gasteiger partial charge in [0.05, 0.1) is 11.4 Å². The molecule has 0 saturated heterocycles. The molecule has 0 unspecified atom stereocenters. The summed E-state index contributed by atoms with van der Waals surface area (Å²) >= 11 is 1.86. The third-order valence-corrected chi connectivity index (χ3v) is 13.3. The molecule has 0 aliphatic rings.